The van der Waals surface area contributed by atoms with E-state index < -0.39 is 11.6 Å². The third kappa shape index (κ3) is 2.19. The van der Waals surface area contributed by atoms with Crippen LogP contribution in [0.2, 0.25) is 10.0 Å². The summed E-state index contributed by atoms with van der Waals surface area (Å²) in [6.45, 7) is 0. The smallest absolute Gasteiger partial charge is 0.228 e. The van der Waals surface area contributed by atoms with Crippen molar-refractivity contribution in [3.63, 3.8) is 0 Å². The SMILES string of the molecule is O=C(c1ccc(Cl)c(F)c1)c1cc2cccc(Cl)c2o1. The molecule has 100 valence electrons. The molecule has 0 aliphatic heterocycles. The van der Waals surface area contributed by atoms with Gasteiger partial charge in [-0.3, -0.25) is 4.79 Å². The summed E-state index contributed by atoms with van der Waals surface area (Å²) in [5.74, 6) is -0.964. The molecule has 0 unspecified atom stereocenters. The lowest BCUT2D eigenvalue weighted by Gasteiger charge is -1.99. The van der Waals surface area contributed by atoms with Crippen LogP contribution in [0.4, 0.5) is 4.39 Å². The zero-order chi connectivity index (χ0) is 14.3. The molecule has 3 aromatic rings. The average Bonchev–Trinajstić information content (AvgIpc) is 2.86. The van der Waals surface area contributed by atoms with Gasteiger partial charge in [0.25, 0.3) is 0 Å². The van der Waals surface area contributed by atoms with Crippen molar-refractivity contribution < 1.29 is 13.6 Å². The second-order valence-corrected chi connectivity index (χ2v) is 5.04. The van der Waals surface area contributed by atoms with E-state index in [1.165, 1.54) is 12.1 Å². The van der Waals surface area contributed by atoms with E-state index in [4.69, 9.17) is 27.6 Å². The minimum Gasteiger partial charge on any atom is -0.451 e. The predicted molar refractivity (Wildman–Crippen MR) is 76.1 cm³/mol. The van der Waals surface area contributed by atoms with Crippen molar-refractivity contribution in [2.24, 2.45) is 0 Å². The van der Waals surface area contributed by atoms with Crippen molar-refractivity contribution in [1.29, 1.82) is 0 Å². The lowest BCUT2D eigenvalue weighted by molar-refractivity contribution is 0.101. The van der Waals surface area contributed by atoms with Gasteiger partial charge in [0.15, 0.2) is 11.3 Å². The highest BCUT2D eigenvalue weighted by Gasteiger charge is 2.17. The average molecular weight is 309 g/mol. The Morgan fingerprint density at radius 2 is 1.85 bits per heavy atom. The van der Waals surface area contributed by atoms with E-state index in [1.54, 1.807) is 24.3 Å². The summed E-state index contributed by atoms with van der Waals surface area (Å²) in [5.41, 5.74) is 0.606. The number of ketones is 1. The number of para-hydroxylation sites is 1. The van der Waals surface area contributed by atoms with E-state index in [0.29, 0.717) is 10.6 Å². The van der Waals surface area contributed by atoms with E-state index in [0.717, 1.165) is 11.5 Å². The van der Waals surface area contributed by atoms with Gasteiger partial charge < -0.3 is 4.42 Å². The summed E-state index contributed by atoms with van der Waals surface area (Å²) in [5, 5.41) is 1.10. The molecular formula is C15H7Cl2FO2. The first kappa shape index (κ1) is 13.2. The summed E-state index contributed by atoms with van der Waals surface area (Å²) in [4.78, 5) is 12.2. The lowest BCUT2D eigenvalue weighted by Crippen LogP contribution is -2.00. The van der Waals surface area contributed by atoms with Crippen LogP contribution < -0.4 is 0 Å². The molecule has 1 aromatic heterocycles. The Morgan fingerprint density at radius 3 is 2.55 bits per heavy atom. The number of hydrogen-bond donors (Lipinski definition) is 0. The van der Waals surface area contributed by atoms with Gasteiger partial charge in [0.1, 0.15) is 5.82 Å². The number of carbonyl (C=O) groups is 1. The molecule has 0 amide bonds. The van der Waals surface area contributed by atoms with Crippen LogP contribution in [0.1, 0.15) is 16.1 Å². The highest BCUT2D eigenvalue weighted by Crippen LogP contribution is 2.28. The number of halogens is 3. The van der Waals surface area contributed by atoms with Crippen LogP contribution in [-0.2, 0) is 0 Å². The van der Waals surface area contributed by atoms with Gasteiger partial charge in [-0.15, -0.1) is 0 Å². The van der Waals surface area contributed by atoms with E-state index in [9.17, 15) is 9.18 Å². The summed E-state index contributed by atoms with van der Waals surface area (Å²) >= 11 is 11.6. The highest BCUT2D eigenvalue weighted by molar-refractivity contribution is 6.35. The molecule has 0 atom stereocenters. The number of hydrogen-bond acceptors (Lipinski definition) is 2. The zero-order valence-corrected chi connectivity index (χ0v) is 11.5. The Balaban J connectivity index is 2.08. The van der Waals surface area contributed by atoms with Gasteiger partial charge in [0.05, 0.1) is 10.0 Å². The number of furan rings is 1. The zero-order valence-electron chi connectivity index (χ0n) is 9.99. The van der Waals surface area contributed by atoms with Crippen LogP contribution in [0.15, 0.2) is 46.9 Å². The molecule has 0 radical (unpaired) electrons. The van der Waals surface area contributed by atoms with Crippen LogP contribution in [0.5, 0.6) is 0 Å². The molecule has 0 spiro atoms. The van der Waals surface area contributed by atoms with Gasteiger partial charge in [-0.25, -0.2) is 4.39 Å². The van der Waals surface area contributed by atoms with Gasteiger partial charge in [0.2, 0.25) is 5.78 Å². The highest BCUT2D eigenvalue weighted by atomic mass is 35.5. The molecule has 20 heavy (non-hydrogen) atoms. The van der Waals surface area contributed by atoms with E-state index in [1.807, 2.05) is 0 Å². The van der Waals surface area contributed by atoms with Crippen LogP contribution in [-0.4, -0.2) is 5.78 Å². The van der Waals surface area contributed by atoms with Crippen molar-refractivity contribution >= 4 is 40.0 Å². The van der Waals surface area contributed by atoms with Crippen molar-refractivity contribution in [3.8, 4) is 0 Å². The van der Waals surface area contributed by atoms with E-state index >= 15 is 0 Å². The number of benzene rings is 2. The minimum absolute atomic E-state index is 0.0331. The summed E-state index contributed by atoms with van der Waals surface area (Å²) < 4.78 is 18.8. The normalized spacial score (nSPS) is 10.9. The van der Waals surface area contributed by atoms with Crippen LogP contribution in [0.3, 0.4) is 0 Å². The topological polar surface area (TPSA) is 30.2 Å². The second kappa shape index (κ2) is 4.93. The standard InChI is InChI=1S/C15H7Cl2FO2/c16-10-5-4-8(6-12(10)18)14(19)13-7-9-2-1-3-11(17)15(9)20-13/h1-7H. The van der Waals surface area contributed by atoms with E-state index in [2.05, 4.69) is 0 Å². The minimum atomic E-state index is -0.647. The largest absolute Gasteiger partial charge is 0.451 e. The maximum Gasteiger partial charge on any atom is 0.228 e. The molecule has 1 heterocycles. The van der Waals surface area contributed by atoms with Crippen molar-refractivity contribution in [3.05, 3.63) is 69.7 Å². The summed E-state index contributed by atoms with van der Waals surface area (Å²) in [7, 11) is 0. The Morgan fingerprint density at radius 1 is 1.05 bits per heavy atom. The maximum absolute atomic E-state index is 13.4. The third-order valence-electron chi connectivity index (χ3n) is 2.90. The predicted octanol–water partition coefficient (Wildman–Crippen LogP) is 5.11. The molecule has 5 heteroatoms. The van der Waals surface area contributed by atoms with Gasteiger partial charge in [-0.2, -0.15) is 0 Å². The fraction of sp³-hybridized carbons (Fsp3) is 0. The van der Waals surface area contributed by atoms with Crippen LogP contribution >= 0.6 is 23.2 Å². The monoisotopic (exact) mass is 308 g/mol. The number of rotatable bonds is 2. The fourth-order valence-electron chi connectivity index (χ4n) is 1.92. The van der Waals surface area contributed by atoms with Gasteiger partial charge in [-0.1, -0.05) is 35.3 Å². The first-order valence-electron chi connectivity index (χ1n) is 5.74. The molecule has 3 rings (SSSR count). The van der Waals surface area contributed by atoms with Crippen molar-refractivity contribution in [2.75, 3.05) is 0 Å². The molecule has 0 aliphatic carbocycles. The molecule has 0 fully saturated rings. The number of fused-ring (bicyclic) bond motifs is 1. The van der Waals surface area contributed by atoms with E-state index in [-0.39, 0.29) is 16.3 Å². The quantitative estimate of drug-likeness (QED) is 0.616. The van der Waals surface area contributed by atoms with Gasteiger partial charge in [-0.05, 0) is 30.3 Å². The van der Waals surface area contributed by atoms with Crippen molar-refractivity contribution in [1.82, 2.24) is 0 Å². The summed E-state index contributed by atoms with van der Waals surface area (Å²) in [6.07, 6.45) is 0. The molecule has 0 bridgehead atoms. The van der Waals surface area contributed by atoms with Crippen LogP contribution in [0, 0.1) is 5.82 Å². The molecular weight excluding hydrogens is 302 g/mol. The number of carbonyl (C=O) groups excluding carboxylic acids is 1. The Hall–Kier alpha value is -1.84. The lowest BCUT2D eigenvalue weighted by atomic mass is 10.1. The van der Waals surface area contributed by atoms with Crippen molar-refractivity contribution in [2.45, 2.75) is 0 Å². The van der Waals surface area contributed by atoms with Gasteiger partial charge >= 0.3 is 0 Å². The Kier molecular flexibility index (Phi) is 3.24. The molecule has 2 nitrogen and oxygen atoms in total. The second-order valence-electron chi connectivity index (χ2n) is 4.23. The Labute approximate surface area is 123 Å². The molecule has 2 aromatic carbocycles. The molecule has 0 N–H and O–H groups in total. The first-order valence-corrected chi connectivity index (χ1v) is 6.49. The fourth-order valence-corrected chi connectivity index (χ4v) is 2.26. The summed E-state index contributed by atoms with van der Waals surface area (Å²) in [6, 6.07) is 10.7. The Bertz CT molecular complexity index is 824. The maximum atomic E-state index is 13.4. The van der Waals surface area contributed by atoms with Gasteiger partial charge in [0, 0.05) is 10.9 Å². The first-order chi connectivity index (χ1) is 9.56. The molecule has 0 saturated carbocycles. The third-order valence-corrected chi connectivity index (χ3v) is 3.51. The molecule has 0 saturated heterocycles. The molecule has 0 aliphatic rings. The van der Waals surface area contributed by atoms with Crippen LogP contribution in [0.25, 0.3) is 11.0 Å².